The highest BCUT2D eigenvalue weighted by Gasteiger charge is 2.26. The number of carbonyl (C=O) groups is 2. The van der Waals surface area contributed by atoms with Crippen molar-refractivity contribution in [1.29, 1.82) is 0 Å². The molecular weight excluding hydrogens is 412 g/mol. The summed E-state index contributed by atoms with van der Waals surface area (Å²) in [5.41, 5.74) is 1.14. The minimum Gasteiger partial charge on any atom is -0.497 e. The lowest BCUT2D eigenvalue weighted by Crippen LogP contribution is -2.50. The molecule has 7 heteroatoms. The molecule has 0 aromatic heterocycles. The molecule has 2 aromatic rings. The van der Waals surface area contributed by atoms with Gasteiger partial charge in [-0.05, 0) is 52.3 Å². The summed E-state index contributed by atoms with van der Waals surface area (Å²) < 4.78 is 11.1. The van der Waals surface area contributed by atoms with Gasteiger partial charge in [-0.2, -0.15) is 0 Å². The largest absolute Gasteiger partial charge is 0.497 e. The zero-order valence-corrected chi connectivity index (χ0v) is 16.9. The van der Waals surface area contributed by atoms with Crippen LogP contribution in [0.5, 0.6) is 11.5 Å². The standard InChI is InChI=1S/C20H21BrN2O4/c1-26-15-5-3-4-14(12-15)19(24)22-8-10-23(11-9-22)20(25)17-13-16(27-2)6-7-18(17)21/h3-7,12-13H,8-11H2,1-2H3. The van der Waals surface area contributed by atoms with Crippen molar-refractivity contribution in [3.8, 4) is 11.5 Å². The Bertz CT molecular complexity index is 848. The van der Waals surface area contributed by atoms with Crippen LogP contribution in [0.15, 0.2) is 46.9 Å². The highest BCUT2D eigenvalue weighted by Crippen LogP contribution is 2.24. The minimum absolute atomic E-state index is 0.0523. The SMILES string of the molecule is COc1cccc(C(=O)N2CCN(C(=O)c3cc(OC)ccc3Br)CC2)c1. The first-order chi connectivity index (χ1) is 13.0. The molecule has 1 aliphatic heterocycles. The highest BCUT2D eigenvalue weighted by atomic mass is 79.9. The summed E-state index contributed by atoms with van der Waals surface area (Å²) in [6.45, 7) is 1.95. The molecule has 0 bridgehead atoms. The van der Waals surface area contributed by atoms with E-state index in [2.05, 4.69) is 15.9 Å². The summed E-state index contributed by atoms with van der Waals surface area (Å²) in [5, 5.41) is 0. The number of rotatable bonds is 4. The third-order valence-electron chi connectivity index (χ3n) is 4.57. The van der Waals surface area contributed by atoms with E-state index in [-0.39, 0.29) is 11.8 Å². The summed E-state index contributed by atoms with van der Waals surface area (Å²) >= 11 is 3.43. The summed E-state index contributed by atoms with van der Waals surface area (Å²) in [7, 11) is 3.14. The molecule has 6 nitrogen and oxygen atoms in total. The molecule has 1 fully saturated rings. The number of methoxy groups -OCH3 is 2. The van der Waals surface area contributed by atoms with E-state index in [1.54, 1.807) is 66.5 Å². The predicted octanol–water partition coefficient (Wildman–Crippen LogP) is 3.06. The Morgan fingerprint density at radius 2 is 1.44 bits per heavy atom. The third kappa shape index (κ3) is 4.24. The molecule has 0 radical (unpaired) electrons. The van der Waals surface area contributed by atoms with E-state index in [1.807, 2.05) is 0 Å². The van der Waals surface area contributed by atoms with Crippen LogP contribution >= 0.6 is 15.9 Å². The second-order valence-electron chi connectivity index (χ2n) is 6.16. The Labute approximate surface area is 166 Å². The Morgan fingerprint density at radius 1 is 0.852 bits per heavy atom. The fourth-order valence-electron chi connectivity index (χ4n) is 3.02. The van der Waals surface area contributed by atoms with Gasteiger partial charge in [-0.15, -0.1) is 0 Å². The van der Waals surface area contributed by atoms with E-state index < -0.39 is 0 Å². The Morgan fingerprint density at radius 3 is 2.07 bits per heavy atom. The van der Waals surface area contributed by atoms with Gasteiger partial charge < -0.3 is 19.3 Å². The van der Waals surface area contributed by atoms with Crippen LogP contribution in [-0.2, 0) is 0 Å². The van der Waals surface area contributed by atoms with E-state index in [1.165, 1.54) is 0 Å². The van der Waals surface area contributed by atoms with Crippen molar-refractivity contribution in [3.05, 3.63) is 58.1 Å². The number of amides is 2. The van der Waals surface area contributed by atoms with E-state index in [9.17, 15) is 9.59 Å². The lowest BCUT2D eigenvalue weighted by Gasteiger charge is -2.35. The van der Waals surface area contributed by atoms with Gasteiger partial charge in [0.2, 0.25) is 0 Å². The first kappa shape index (κ1) is 19.2. The summed E-state index contributed by atoms with van der Waals surface area (Å²) in [4.78, 5) is 29.1. The third-order valence-corrected chi connectivity index (χ3v) is 5.27. The lowest BCUT2D eigenvalue weighted by atomic mass is 10.1. The van der Waals surface area contributed by atoms with Gasteiger partial charge in [-0.3, -0.25) is 9.59 Å². The quantitative estimate of drug-likeness (QED) is 0.744. The van der Waals surface area contributed by atoms with Crippen LogP contribution in [0, 0.1) is 0 Å². The van der Waals surface area contributed by atoms with Gasteiger partial charge in [0.15, 0.2) is 0 Å². The van der Waals surface area contributed by atoms with Crippen molar-refractivity contribution in [2.45, 2.75) is 0 Å². The van der Waals surface area contributed by atoms with Gasteiger partial charge in [0.1, 0.15) is 11.5 Å². The van der Waals surface area contributed by atoms with E-state index in [0.29, 0.717) is 48.8 Å². The first-order valence-electron chi connectivity index (χ1n) is 8.59. The zero-order valence-electron chi connectivity index (χ0n) is 15.3. The van der Waals surface area contributed by atoms with Crippen LogP contribution < -0.4 is 9.47 Å². The molecule has 142 valence electrons. The van der Waals surface area contributed by atoms with Crippen LogP contribution in [0.1, 0.15) is 20.7 Å². The Hall–Kier alpha value is -2.54. The van der Waals surface area contributed by atoms with Gasteiger partial charge >= 0.3 is 0 Å². The molecule has 2 amide bonds. The molecule has 2 aromatic carbocycles. The number of carbonyl (C=O) groups excluding carboxylic acids is 2. The van der Waals surface area contributed by atoms with Crippen molar-refractivity contribution >= 4 is 27.7 Å². The number of halogens is 1. The van der Waals surface area contributed by atoms with Crippen LogP contribution in [0.25, 0.3) is 0 Å². The molecule has 1 aliphatic rings. The molecule has 0 atom stereocenters. The van der Waals surface area contributed by atoms with Gasteiger partial charge in [0.25, 0.3) is 11.8 Å². The van der Waals surface area contributed by atoms with Gasteiger partial charge in [0.05, 0.1) is 19.8 Å². The number of benzene rings is 2. The van der Waals surface area contributed by atoms with Gasteiger partial charge in [0, 0.05) is 36.2 Å². The molecule has 0 spiro atoms. The maximum atomic E-state index is 12.8. The predicted molar refractivity (Wildman–Crippen MR) is 105 cm³/mol. The minimum atomic E-state index is -0.0748. The second-order valence-corrected chi connectivity index (χ2v) is 7.02. The average molecular weight is 433 g/mol. The fraction of sp³-hybridized carbons (Fsp3) is 0.300. The average Bonchev–Trinajstić information content (AvgIpc) is 2.73. The van der Waals surface area contributed by atoms with Crippen molar-refractivity contribution < 1.29 is 19.1 Å². The summed E-state index contributed by atoms with van der Waals surface area (Å²) in [5.74, 6) is 1.16. The molecule has 0 N–H and O–H groups in total. The molecule has 0 aliphatic carbocycles. The highest BCUT2D eigenvalue weighted by molar-refractivity contribution is 9.10. The molecule has 0 saturated carbocycles. The Balaban J connectivity index is 1.66. The number of piperazine rings is 1. The first-order valence-corrected chi connectivity index (χ1v) is 9.39. The monoisotopic (exact) mass is 432 g/mol. The normalized spacial score (nSPS) is 14.0. The van der Waals surface area contributed by atoms with Gasteiger partial charge in [-0.25, -0.2) is 0 Å². The molecule has 3 rings (SSSR count). The van der Waals surface area contributed by atoms with Crippen LogP contribution in [0.4, 0.5) is 0 Å². The topological polar surface area (TPSA) is 59.1 Å². The summed E-state index contributed by atoms with van der Waals surface area (Å²) in [6, 6.07) is 12.4. The van der Waals surface area contributed by atoms with Crippen LogP contribution in [0.2, 0.25) is 0 Å². The smallest absolute Gasteiger partial charge is 0.255 e. The lowest BCUT2D eigenvalue weighted by molar-refractivity contribution is 0.0534. The van der Waals surface area contributed by atoms with E-state index in [0.717, 1.165) is 4.47 Å². The molecule has 1 saturated heterocycles. The zero-order chi connectivity index (χ0) is 19.4. The number of nitrogens with zero attached hydrogens (tertiary/aromatic N) is 2. The van der Waals surface area contributed by atoms with Crippen LogP contribution in [0.3, 0.4) is 0 Å². The second kappa shape index (κ2) is 8.43. The molecule has 27 heavy (non-hydrogen) atoms. The van der Waals surface area contributed by atoms with Crippen LogP contribution in [-0.4, -0.2) is 62.0 Å². The molecular formula is C20H21BrN2O4. The fourth-order valence-corrected chi connectivity index (χ4v) is 3.43. The van der Waals surface area contributed by atoms with Crippen molar-refractivity contribution in [2.24, 2.45) is 0 Å². The maximum absolute atomic E-state index is 12.8. The summed E-state index contributed by atoms with van der Waals surface area (Å²) in [6.07, 6.45) is 0. The van der Waals surface area contributed by atoms with Gasteiger partial charge in [-0.1, -0.05) is 6.07 Å². The number of ether oxygens (including phenoxy) is 2. The van der Waals surface area contributed by atoms with E-state index in [4.69, 9.17) is 9.47 Å². The van der Waals surface area contributed by atoms with Crippen molar-refractivity contribution in [3.63, 3.8) is 0 Å². The van der Waals surface area contributed by atoms with E-state index >= 15 is 0 Å². The maximum Gasteiger partial charge on any atom is 0.255 e. The van der Waals surface area contributed by atoms with Crippen molar-refractivity contribution in [1.82, 2.24) is 9.80 Å². The molecule has 0 unspecified atom stereocenters. The van der Waals surface area contributed by atoms with Crippen molar-refractivity contribution in [2.75, 3.05) is 40.4 Å². The Kier molecular flexibility index (Phi) is 6.01. The number of hydrogen-bond acceptors (Lipinski definition) is 4. The molecule has 1 heterocycles. The number of hydrogen-bond donors (Lipinski definition) is 0.